The first-order chi connectivity index (χ1) is 12.9. The first-order valence-electron chi connectivity index (χ1n) is 7.98. The van der Waals surface area contributed by atoms with E-state index in [1.165, 1.54) is 35.0 Å². The van der Waals surface area contributed by atoms with Gasteiger partial charge in [0.1, 0.15) is 11.6 Å². The van der Waals surface area contributed by atoms with Crippen LogP contribution < -0.4 is 5.32 Å². The van der Waals surface area contributed by atoms with Crippen molar-refractivity contribution in [2.24, 2.45) is 0 Å². The number of carbonyl (C=O) groups is 1. The zero-order chi connectivity index (χ0) is 19.4. The third-order valence-electron chi connectivity index (χ3n) is 3.69. The number of hydrogen-bond donors (Lipinski definition) is 1. The lowest BCUT2D eigenvalue weighted by Gasteiger charge is -2.07. The number of nitro benzene ring substituents is 1. The number of halogens is 1. The minimum Gasteiger partial charge on any atom is -0.307 e. The van der Waals surface area contributed by atoms with E-state index in [1.54, 1.807) is 43.3 Å². The molecule has 0 saturated heterocycles. The molecule has 0 aliphatic rings. The van der Waals surface area contributed by atoms with Crippen molar-refractivity contribution in [1.82, 2.24) is 9.78 Å². The number of carbonyl (C=O) groups excluding carboxylic acids is 1. The van der Waals surface area contributed by atoms with E-state index in [2.05, 4.69) is 10.4 Å². The maximum absolute atomic E-state index is 12.9. The second-order valence-electron chi connectivity index (χ2n) is 5.73. The molecule has 0 saturated carbocycles. The SMILES string of the molecule is Cc1cc(NC(=O)/C=C/c2ccc(F)cc2)n(-c2ccc([N+](=O)[O-])cc2)n1. The molecule has 7 nitrogen and oxygen atoms in total. The summed E-state index contributed by atoms with van der Waals surface area (Å²) in [7, 11) is 0. The molecule has 1 heterocycles. The van der Waals surface area contributed by atoms with Crippen molar-refractivity contribution in [2.75, 3.05) is 5.32 Å². The van der Waals surface area contributed by atoms with Crippen LogP contribution in [0.4, 0.5) is 15.9 Å². The monoisotopic (exact) mass is 366 g/mol. The number of anilines is 1. The second-order valence-corrected chi connectivity index (χ2v) is 5.73. The largest absolute Gasteiger partial charge is 0.307 e. The van der Waals surface area contributed by atoms with E-state index in [0.717, 1.165) is 0 Å². The summed E-state index contributed by atoms with van der Waals surface area (Å²) < 4.78 is 14.4. The number of nitrogens with one attached hydrogen (secondary N) is 1. The van der Waals surface area contributed by atoms with Crippen LogP contribution in [-0.2, 0) is 4.79 Å². The number of rotatable bonds is 5. The number of aryl methyl sites for hydroxylation is 1. The zero-order valence-electron chi connectivity index (χ0n) is 14.3. The van der Waals surface area contributed by atoms with Crippen molar-refractivity contribution < 1.29 is 14.1 Å². The van der Waals surface area contributed by atoms with Crippen LogP contribution in [0.1, 0.15) is 11.3 Å². The lowest BCUT2D eigenvalue weighted by atomic mass is 10.2. The molecule has 0 fully saturated rings. The molecule has 0 radical (unpaired) electrons. The average Bonchev–Trinajstić information content (AvgIpc) is 3.01. The van der Waals surface area contributed by atoms with Gasteiger partial charge in [0, 0.05) is 24.3 Å². The van der Waals surface area contributed by atoms with Gasteiger partial charge in [0.15, 0.2) is 0 Å². The van der Waals surface area contributed by atoms with Crippen molar-refractivity contribution in [2.45, 2.75) is 6.92 Å². The van der Waals surface area contributed by atoms with Crippen LogP contribution in [0.2, 0.25) is 0 Å². The Bertz CT molecular complexity index is 1010. The molecule has 1 aromatic heterocycles. The van der Waals surface area contributed by atoms with Gasteiger partial charge in [-0.25, -0.2) is 9.07 Å². The molecule has 0 bridgehead atoms. The van der Waals surface area contributed by atoms with Crippen molar-refractivity contribution >= 4 is 23.5 Å². The minimum atomic E-state index is -0.485. The highest BCUT2D eigenvalue weighted by molar-refractivity contribution is 6.01. The molecule has 0 aliphatic heterocycles. The summed E-state index contributed by atoms with van der Waals surface area (Å²) in [5.74, 6) is -0.309. The quantitative estimate of drug-likeness (QED) is 0.421. The van der Waals surface area contributed by atoms with Gasteiger partial charge >= 0.3 is 0 Å². The van der Waals surface area contributed by atoms with Crippen LogP contribution in [-0.4, -0.2) is 20.6 Å². The first-order valence-corrected chi connectivity index (χ1v) is 7.98. The van der Waals surface area contributed by atoms with Gasteiger partial charge in [-0.2, -0.15) is 5.10 Å². The average molecular weight is 366 g/mol. The number of benzene rings is 2. The molecule has 3 rings (SSSR count). The molecule has 0 atom stereocenters. The smallest absolute Gasteiger partial charge is 0.269 e. The van der Waals surface area contributed by atoms with E-state index in [-0.39, 0.29) is 17.4 Å². The van der Waals surface area contributed by atoms with Crippen LogP contribution in [0.3, 0.4) is 0 Å². The summed E-state index contributed by atoms with van der Waals surface area (Å²) in [6, 6.07) is 13.3. The van der Waals surface area contributed by atoms with Gasteiger partial charge in [-0.05, 0) is 42.8 Å². The Hall–Kier alpha value is -3.81. The van der Waals surface area contributed by atoms with E-state index in [0.29, 0.717) is 22.8 Å². The molecule has 1 N–H and O–H groups in total. The number of amides is 1. The Kier molecular flexibility index (Phi) is 5.07. The van der Waals surface area contributed by atoms with E-state index >= 15 is 0 Å². The molecule has 2 aromatic carbocycles. The minimum absolute atomic E-state index is 0.0320. The Morgan fingerprint density at radius 2 is 1.85 bits per heavy atom. The molecule has 8 heteroatoms. The molecule has 27 heavy (non-hydrogen) atoms. The number of hydrogen-bond acceptors (Lipinski definition) is 4. The predicted octanol–water partition coefficient (Wildman–Crippen LogP) is 3.88. The normalized spacial score (nSPS) is 10.9. The highest BCUT2D eigenvalue weighted by Gasteiger charge is 2.11. The van der Waals surface area contributed by atoms with E-state index in [4.69, 9.17) is 0 Å². The summed E-state index contributed by atoms with van der Waals surface area (Å²) in [4.78, 5) is 22.5. The summed E-state index contributed by atoms with van der Waals surface area (Å²) in [5.41, 5.74) is 1.90. The van der Waals surface area contributed by atoms with Gasteiger partial charge in [0.25, 0.3) is 5.69 Å². The lowest BCUT2D eigenvalue weighted by Crippen LogP contribution is -2.12. The first kappa shape index (κ1) is 18.0. The lowest BCUT2D eigenvalue weighted by molar-refractivity contribution is -0.384. The molecular formula is C19H15FN4O3. The molecule has 0 spiro atoms. The molecule has 136 valence electrons. The standard InChI is InChI=1S/C19H15FN4O3/c1-13-12-18(21-19(25)11-4-14-2-5-15(20)6-3-14)23(22-13)16-7-9-17(10-8-16)24(26)27/h2-12H,1H3,(H,21,25)/b11-4+. The third-order valence-corrected chi connectivity index (χ3v) is 3.69. The summed E-state index contributed by atoms with van der Waals surface area (Å²) in [5, 5.41) is 17.8. The fraction of sp³-hybridized carbons (Fsp3) is 0.0526. The number of non-ortho nitro benzene ring substituents is 1. The van der Waals surface area contributed by atoms with Crippen molar-refractivity contribution in [3.63, 3.8) is 0 Å². The number of aromatic nitrogens is 2. The van der Waals surface area contributed by atoms with E-state index in [9.17, 15) is 19.3 Å². The van der Waals surface area contributed by atoms with Crippen molar-refractivity contribution in [3.8, 4) is 5.69 Å². The Balaban J connectivity index is 1.78. The number of nitro groups is 1. The van der Waals surface area contributed by atoms with Crippen LogP contribution in [0, 0.1) is 22.9 Å². The van der Waals surface area contributed by atoms with Gasteiger partial charge in [0.2, 0.25) is 5.91 Å². The summed E-state index contributed by atoms with van der Waals surface area (Å²) in [6.07, 6.45) is 2.89. The van der Waals surface area contributed by atoms with Crippen LogP contribution in [0.5, 0.6) is 0 Å². The van der Waals surface area contributed by atoms with Gasteiger partial charge in [-0.1, -0.05) is 12.1 Å². The fourth-order valence-electron chi connectivity index (χ4n) is 2.41. The number of nitrogens with zero attached hydrogens (tertiary/aromatic N) is 3. The highest BCUT2D eigenvalue weighted by atomic mass is 19.1. The molecule has 3 aromatic rings. The summed E-state index contributed by atoms with van der Waals surface area (Å²) in [6.45, 7) is 1.77. The molecule has 0 unspecified atom stereocenters. The fourth-order valence-corrected chi connectivity index (χ4v) is 2.41. The van der Waals surface area contributed by atoms with Gasteiger partial charge in [-0.3, -0.25) is 14.9 Å². The van der Waals surface area contributed by atoms with Gasteiger partial charge < -0.3 is 5.32 Å². The Labute approximate surface area is 153 Å². The Morgan fingerprint density at radius 3 is 2.48 bits per heavy atom. The molecule has 0 aliphatic carbocycles. The van der Waals surface area contributed by atoms with Gasteiger partial charge in [-0.15, -0.1) is 0 Å². The topological polar surface area (TPSA) is 90.1 Å². The van der Waals surface area contributed by atoms with Crippen molar-refractivity contribution in [1.29, 1.82) is 0 Å². The van der Waals surface area contributed by atoms with E-state index in [1.807, 2.05) is 0 Å². The molecule has 1 amide bonds. The van der Waals surface area contributed by atoms with Crippen molar-refractivity contribution in [3.05, 3.63) is 87.9 Å². The van der Waals surface area contributed by atoms with Crippen LogP contribution >= 0.6 is 0 Å². The Morgan fingerprint density at radius 1 is 1.19 bits per heavy atom. The van der Waals surface area contributed by atoms with Crippen LogP contribution in [0.15, 0.2) is 60.7 Å². The maximum Gasteiger partial charge on any atom is 0.269 e. The summed E-state index contributed by atoms with van der Waals surface area (Å²) >= 11 is 0. The second kappa shape index (κ2) is 7.61. The van der Waals surface area contributed by atoms with Crippen LogP contribution in [0.25, 0.3) is 11.8 Å². The predicted molar refractivity (Wildman–Crippen MR) is 99.0 cm³/mol. The molecular weight excluding hydrogens is 351 g/mol. The zero-order valence-corrected chi connectivity index (χ0v) is 14.3. The van der Waals surface area contributed by atoms with Gasteiger partial charge in [0.05, 0.1) is 16.3 Å². The third kappa shape index (κ3) is 4.43. The maximum atomic E-state index is 12.9. The highest BCUT2D eigenvalue weighted by Crippen LogP contribution is 2.20. The van der Waals surface area contributed by atoms with E-state index < -0.39 is 4.92 Å².